The molecular formula is C13H22N2O. The van der Waals surface area contributed by atoms with Crippen molar-refractivity contribution in [3.63, 3.8) is 0 Å². The Labute approximate surface area is 98.2 Å². The zero-order valence-electron chi connectivity index (χ0n) is 10.5. The Kier molecular flexibility index (Phi) is 5.86. The van der Waals surface area contributed by atoms with E-state index in [-0.39, 0.29) is 0 Å². The first-order valence-corrected chi connectivity index (χ1v) is 5.99. The number of anilines is 1. The maximum absolute atomic E-state index is 5.55. The molecule has 1 aromatic heterocycles. The molecule has 0 atom stereocenters. The number of ether oxygens (including phenoxy) is 1. The molecule has 0 aliphatic rings. The minimum absolute atomic E-state index is 0.571. The first kappa shape index (κ1) is 13.0. The van der Waals surface area contributed by atoms with Gasteiger partial charge in [0.2, 0.25) is 0 Å². The van der Waals surface area contributed by atoms with Crippen molar-refractivity contribution in [2.24, 2.45) is 5.92 Å². The molecule has 1 heterocycles. The second kappa shape index (κ2) is 7.23. The molecule has 90 valence electrons. The average molecular weight is 222 g/mol. The minimum atomic E-state index is 0.571. The van der Waals surface area contributed by atoms with Crippen LogP contribution in [0.1, 0.15) is 32.9 Å². The predicted octanol–water partition coefficient (Wildman–Crippen LogP) is 3.08. The van der Waals surface area contributed by atoms with Crippen LogP contribution >= 0.6 is 0 Å². The molecule has 0 spiro atoms. The van der Waals surface area contributed by atoms with Gasteiger partial charge in [-0.3, -0.25) is 4.98 Å². The highest BCUT2D eigenvalue weighted by atomic mass is 16.5. The quantitative estimate of drug-likeness (QED) is 0.770. The van der Waals surface area contributed by atoms with Crippen molar-refractivity contribution in [2.75, 3.05) is 18.5 Å². The van der Waals surface area contributed by atoms with E-state index >= 15 is 0 Å². The van der Waals surface area contributed by atoms with Gasteiger partial charge >= 0.3 is 0 Å². The maximum atomic E-state index is 5.55. The van der Waals surface area contributed by atoms with E-state index in [1.807, 2.05) is 12.3 Å². The number of nitrogens with zero attached hydrogens (tertiary/aromatic N) is 1. The van der Waals surface area contributed by atoms with Crippen molar-refractivity contribution in [2.45, 2.75) is 33.8 Å². The largest absolute Gasteiger partial charge is 0.385 e. The van der Waals surface area contributed by atoms with Gasteiger partial charge < -0.3 is 10.1 Å². The van der Waals surface area contributed by atoms with Crippen molar-refractivity contribution in [3.8, 4) is 0 Å². The SMILES string of the molecule is CCCNc1ccnc(COCC(C)C)c1. The van der Waals surface area contributed by atoms with Crippen LogP contribution < -0.4 is 5.32 Å². The van der Waals surface area contributed by atoms with Crippen LogP contribution in [0.3, 0.4) is 0 Å². The summed E-state index contributed by atoms with van der Waals surface area (Å²) in [6, 6.07) is 4.04. The summed E-state index contributed by atoms with van der Waals surface area (Å²) in [6.07, 6.45) is 2.95. The Balaban J connectivity index is 2.40. The van der Waals surface area contributed by atoms with E-state index in [0.717, 1.165) is 31.0 Å². The lowest BCUT2D eigenvalue weighted by Crippen LogP contribution is -2.04. The highest BCUT2D eigenvalue weighted by molar-refractivity contribution is 5.42. The molecule has 0 amide bonds. The van der Waals surface area contributed by atoms with Crippen molar-refractivity contribution >= 4 is 5.69 Å². The molecule has 1 N–H and O–H groups in total. The van der Waals surface area contributed by atoms with Crippen LogP contribution in [0.2, 0.25) is 0 Å². The summed E-state index contributed by atoms with van der Waals surface area (Å²) in [5.74, 6) is 0.571. The highest BCUT2D eigenvalue weighted by Gasteiger charge is 1.99. The standard InChI is InChI=1S/C13H22N2O/c1-4-6-14-12-5-7-15-13(8-12)10-16-9-11(2)3/h5,7-8,11H,4,6,9-10H2,1-3H3,(H,14,15). The van der Waals surface area contributed by atoms with Crippen LogP contribution in [0, 0.1) is 5.92 Å². The van der Waals surface area contributed by atoms with Crippen LogP contribution in [-0.2, 0) is 11.3 Å². The van der Waals surface area contributed by atoms with Gasteiger partial charge in [-0.05, 0) is 24.5 Å². The van der Waals surface area contributed by atoms with Crippen LogP contribution in [0.5, 0.6) is 0 Å². The molecule has 3 heteroatoms. The number of hydrogen-bond donors (Lipinski definition) is 1. The van der Waals surface area contributed by atoms with Gasteiger partial charge in [0.05, 0.1) is 12.3 Å². The van der Waals surface area contributed by atoms with Gasteiger partial charge in [0.1, 0.15) is 0 Å². The molecule has 0 aromatic carbocycles. The summed E-state index contributed by atoms with van der Waals surface area (Å²) in [4.78, 5) is 4.28. The normalized spacial score (nSPS) is 10.8. The monoisotopic (exact) mass is 222 g/mol. The van der Waals surface area contributed by atoms with Gasteiger partial charge in [0.25, 0.3) is 0 Å². The molecule has 0 unspecified atom stereocenters. The molecule has 3 nitrogen and oxygen atoms in total. The van der Waals surface area contributed by atoms with E-state index < -0.39 is 0 Å². The molecule has 1 rings (SSSR count). The number of hydrogen-bond acceptors (Lipinski definition) is 3. The summed E-state index contributed by atoms with van der Waals surface area (Å²) < 4.78 is 5.55. The van der Waals surface area contributed by atoms with Crippen LogP contribution in [0.4, 0.5) is 5.69 Å². The summed E-state index contributed by atoms with van der Waals surface area (Å²) in [5, 5.41) is 3.34. The van der Waals surface area contributed by atoms with E-state index in [2.05, 4.69) is 37.1 Å². The van der Waals surface area contributed by atoms with Gasteiger partial charge in [-0.2, -0.15) is 0 Å². The van der Waals surface area contributed by atoms with E-state index in [0.29, 0.717) is 12.5 Å². The van der Waals surface area contributed by atoms with Crippen LogP contribution in [0.15, 0.2) is 18.3 Å². The van der Waals surface area contributed by atoms with Crippen LogP contribution in [-0.4, -0.2) is 18.1 Å². The lowest BCUT2D eigenvalue weighted by atomic mass is 10.2. The van der Waals surface area contributed by atoms with Gasteiger partial charge in [0.15, 0.2) is 0 Å². The Morgan fingerprint density at radius 1 is 1.44 bits per heavy atom. The molecule has 1 aromatic rings. The smallest absolute Gasteiger partial charge is 0.0888 e. The van der Waals surface area contributed by atoms with Gasteiger partial charge in [-0.15, -0.1) is 0 Å². The van der Waals surface area contributed by atoms with Crippen LogP contribution in [0.25, 0.3) is 0 Å². The molecule has 0 aliphatic heterocycles. The van der Waals surface area contributed by atoms with Gasteiger partial charge in [-0.1, -0.05) is 20.8 Å². The molecule has 0 aliphatic carbocycles. The third kappa shape index (κ3) is 5.12. The summed E-state index contributed by atoms with van der Waals surface area (Å²) >= 11 is 0. The van der Waals surface area contributed by atoms with Crippen molar-refractivity contribution in [3.05, 3.63) is 24.0 Å². The second-order valence-corrected chi connectivity index (χ2v) is 4.37. The highest BCUT2D eigenvalue weighted by Crippen LogP contribution is 2.09. The van der Waals surface area contributed by atoms with E-state index in [1.54, 1.807) is 0 Å². The lowest BCUT2D eigenvalue weighted by Gasteiger charge is -2.08. The van der Waals surface area contributed by atoms with Gasteiger partial charge in [-0.25, -0.2) is 0 Å². The third-order valence-electron chi connectivity index (χ3n) is 2.10. The Bertz CT molecular complexity index is 300. The number of rotatable bonds is 7. The fraction of sp³-hybridized carbons (Fsp3) is 0.615. The molecular weight excluding hydrogens is 200 g/mol. The topological polar surface area (TPSA) is 34.2 Å². The average Bonchev–Trinajstić information content (AvgIpc) is 2.26. The summed E-state index contributed by atoms with van der Waals surface area (Å²) in [6.45, 7) is 8.82. The maximum Gasteiger partial charge on any atom is 0.0888 e. The second-order valence-electron chi connectivity index (χ2n) is 4.37. The van der Waals surface area contributed by atoms with E-state index in [1.165, 1.54) is 0 Å². The number of aromatic nitrogens is 1. The third-order valence-corrected chi connectivity index (χ3v) is 2.10. The molecule has 0 radical (unpaired) electrons. The summed E-state index contributed by atoms with van der Waals surface area (Å²) in [5.41, 5.74) is 2.11. The zero-order chi connectivity index (χ0) is 11.8. The predicted molar refractivity (Wildman–Crippen MR) is 67.5 cm³/mol. The lowest BCUT2D eigenvalue weighted by molar-refractivity contribution is 0.0948. The fourth-order valence-corrected chi connectivity index (χ4v) is 1.34. The molecule has 0 saturated carbocycles. The minimum Gasteiger partial charge on any atom is -0.385 e. The first-order valence-electron chi connectivity index (χ1n) is 5.99. The first-order chi connectivity index (χ1) is 7.72. The van der Waals surface area contributed by atoms with Crippen molar-refractivity contribution in [1.29, 1.82) is 0 Å². The Hall–Kier alpha value is -1.09. The summed E-state index contributed by atoms with van der Waals surface area (Å²) in [7, 11) is 0. The zero-order valence-corrected chi connectivity index (χ0v) is 10.5. The number of pyridine rings is 1. The fourth-order valence-electron chi connectivity index (χ4n) is 1.34. The van der Waals surface area contributed by atoms with E-state index in [4.69, 9.17) is 4.74 Å². The van der Waals surface area contributed by atoms with E-state index in [9.17, 15) is 0 Å². The molecule has 0 fully saturated rings. The number of nitrogens with one attached hydrogen (secondary N) is 1. The van der Waals surface area contributed by atoms with Crippen molar-refractivity contribution in [1.82, 2.24) is 4.98 Å². The van der Waals surface area contributed by atoms with Crippen molar-refractivity contribution < 1.29 is 4.74 Å². The molecule has 16 heavy (non-hydrogen) atoms. The molecule has 0 saturated heterocycles. The van der Waals surface area contributed by atoms with Gasteiger partial charge in [0, 0.05) is 25.0 Å². The Morgan fingerprint density at radius 3 is 2.94 bits per heavy atom. The molecule has 0 bridgehead atoms. The Morgan fingerprint density at radius 2 is 2.25 bits per heavy atom.